The van der Waals surface area contributed by atoms with Gasteiger partial charge in [0.25, 0.3) is 5.91 Å². The zero-order chi connectivity index (χ0) is 33.1. The first kappa shape index (κ1) is 32.2. The molecule has 2 aliphatic carbocycles. The Balaban J connectivity index is 1.35. The number of hydrogen-bond donors (Lipinski definition) is 2. The molecule has 12 heteroatoms. The SMILES string of the molecule is C[C@@H]1[C@@H](C)C/C=C\[C@@](O)(c2ncnn2C)[C@@H]2CC[C@H]2CN2C[C@@]3(CCCc4cc(Cl)ccc43)COc3ccc(cc32)C(=O)NS1(=O)=O. The van der Waals surface area contributed by atoms with Gasteiger partial charge in [0.15, 0.2) is 5.82 Å². The van der Waals surface area contributed by atoms with Crippen LogP contribution < -0.4 is 14.4 Å². The lowest BCUT2D eigenvalue weighted by Crippen LogP contribution is -2.52. The minimum absolute atomic E-state index is 0.0970. The molecular weight excluding hydrogens is 638 g/mol. The molecule has 47 heavy (non-hydrogen) atoms. The lowest BCUT2D eigenvalue weighted by atomic mass is 9.63. The highest BCUT2D eigenvalue weighted by Gasteiger charge is 2.50. The number of sulfonamides is 1. The third-order valence-corrected chi connectivity index (χ3v) is 13.4. The molecule has 3 aromatic rings. The van der Waals surface area contributed by atoms with E-state index in [-0.39, 0.29) is 28.7 Å². The summed E-state index contributed by atoms with van der Waals surface area (Å²) in [5.41, 5.74) is 1.72. The first-order chi connectivity index (χ1) is 22.4. The van der Waals surface area contributed by atoms with E-state index in [1.165, 1.54) is 17.5 Å². The zero-order valence-corrected chi connectivity index (χ0v) is 28.6. The molecule has 2 aromatic carbocycles. The Bertz CT molecular complexity index is 1840. The van der Waals surface area contributed by atoms with E-state index in [0.717, 1.165) is 37.8 Å². The van der Waals surface area contributed by atoms with E-state index in [2.05, 4.69) is 31.8 Å². The van der Waals surface area contributed by atoms with Crippen LogP contribution in [0.15, 0.2) is 54.9 Å². The number of carbonyl (C=O) groups is 1. The van der Waals surface area contributed by atoms with Crippen molar-refractivity contribution in [3.05, 3.63) is 82.4 Å². The molecule has 2 N–H and O–H groups in total. The minimum atomic E-state index is -4.00. The van der Waals surface area contributed by atoms with Gasteiger partial charge in [0.2, 0.25) is 10.0 Å². The number of carbonyl (C=O) groups excluding carboxylic acids is 1. The molecule has 250 valence electrons. The number of hydrogen-bond acceptors (Lipinski definition) is 8. The average molecular weight is 680 g/mol. The molecule has 2 aliphatic heterocycles. The summed E-state index contributed by atoms with van der Waals surface area (Å²) in [6, 6.07) is 11.3. The number of allylic oxidation sites excluding steroid dienone is 1. The molecule has 1 amide bonds. The first-order valence-corrected chi connectivity index (χ1v) is 18.4. The number of aryl methyl sites for hydroxylation is 2. The summed E-state index contributed by atoms with van der Waals surface area (Å²) in [6.45, 7) is 5.14. The number of halogens is 1. The highest BCUT2D eigenvalue weighted by atomic mass is 35.5. The summed E-state index contributed by atoms with van der Waals surface area (Å²) < 4.78 is 37.3. The van der Waals surface area contributed by atoms with Gasteiger partial charge >= 0.3 is 0 Å². The highest BCUT2D eigenvalue weighted by Crippen LogP contribution is 2.50. The highest BCUT2D eigenvalue weighted by molar-refractivity contribution is 7.90. The van der Waals surface area contributed by atoms with Gasteiger partial charge in [0.1, 0.15) is 17.7 Å². The van der Waals surface area contributed by atoms with E-state index in [9.17, 15) is 18.3 Å². The van der Waals surface area contributed by atoms with Crippen molar-refractivity contribution in [3.63, 3.8) is 0 Å². The topological polar surface area (TPSA) is 127 Å². The van der Waals surface area contributed by atoms with Gasteiger partial charge in [-0.1, -0.05) is 30.7 Å². The Hall–Kier alpha value is -3.41. The molecule has 7 rings (SSSR count). The number of nitrogens with one attached hydrogen (secondary N) is 1. The van der Waals surface area contributed by atoms with E-state index < -0.39 is 26.8 Å². The maximum Gasteiger partial charge on any atom is 0.264 e. The third-order valence-electron chi connectivity index (χ3n) is 11.2. The van der Waals surface area contributed by atoms with Crippen LogP contribution in [0.25, 0.3) is 0 Å². The van der Waals surface area contributed by atoms with E-state index in [4.69, 9.17) is 16.3 Å². The van der Waals surface area contributed by atoms with Crippen LogP contribution in [0.4, 0.5) is 5.69 Å². The van der Waals surface area contributed by atoms with Gasteiger partial charge in [-0.25, -0.2) is 18.1 Å². The summed E-state index contributed by atoms with van der Waals surface area (Å²) in [4.78, 5) is 20.3. The molecule has 3 heterocycles. The van der Waals surface area contributed by atoms with Crippen molar-refractivity contribution in [1.29, 1.82) is 0 Å². The van der Waals surface area contributed by atoms with Crippen LogP contribution in [-0.2, 0) is 34.5 Å². The number of amides is 1. The molecule has 1 spiro atoms. The van der Waals surface area contributed by atoms with Gasteiger partial charge in [-0.3, -0.25) is 9.48 Å². The van der Waals surface area contributed by atoms with Crippen molar-refractivity contribution < 1.29 is 23.1 Å². The Labute approximate surface area is 281 Å². The number of benzene rings is 2. The van der Waals surface area contributed by atoms with Gasteiger partial charge < -0.3 is 14.7 Å². The molecule has 1 fully saturated rings. The van der Waals surface area contributed by atoms with Crippen molar-refractivity contribution in [3.8, 4) is 5.75 Å². The fourth-order valence-corrected chi connectivity index (χ4v) is 9.65. The van der Waals surface area contributed by atoms with Gasteiger partial charge in [-0.15, -0.1) is 0 Å². The predicted octanol–water partition coefficient (Wildman–Crippen LogP) is 4.90. The Kier molecular flexibility index (Phi) is 8.16. The first-order valence-electron chi connectivity index (χ1n) is 16.5. The number of aliphatic hydroxyl groups is 1. The van der Waals surface area contributed by atoms with Gasteiger partial charge in [-0.05, 0) is 105 Å². The maximum absolute atomic E-state index is 13.5. The number of aromatic nitrogens is 3. The summed E-state index contributed by atoms with van der Waals surface area (Å²) in [6.07, 6.45) is 10.1. The fraction of sp³-hybridized carbons (Fsp3) is 0.514. The van der Waals surface area contributed by atoms with Crippen LogP contribution in [-0.4, -0.2) is 59.1 Å². The molecule has 0 unspecified atom stereocenters. The lowest BCUT2D eigenvalue weighted by Gasteiger charge is -2.48. The summed E-state index contributed by atoms with van der Waals surface area (Å²) in [5.74, 6) is 0.0552. The molecule has 2 bridgehead atoms. The van der Waals surface area contributed by atoms with E-state index in [1.807, 2.05) is 19.1 Å². The molecule has 4 aliphatic rings. The fourth-order valence-electron chi connectivity index (χ4n) is 8.17. The predicted molar refractivity (Wildman–Crippen MR) is 180 cm³/mol. The molecule has 10 nitrogen and oxygen atoms in total. The number of fused-ring (bicyclic) bond motifs is 4. The second-order valence-electron chi connectivity index (χ2n) is 14.1. The molecule has 0 radical (unpaired) electrons. The summed E-state index contributed by atoms with van der Waals surface area (Å²) in [5, 5.41) is 16.6. The van der Waals surface area contributed by atoms with E-state index >= 15 is 0 Å². The Morgan fingerprint density at radius 3 is 2.72 bits per heavy atom. The third kappa shape index (κ3) is 5.64. The second kappa shape index (κ2) is 11.9. The van der Waals surface area contributed by atoms with Crippen LogP contribution in [0.2, 0.25) is 5.02 Å². The number of anilines is 1. The van der Waals surface area contributed by atoms with Gasteiger partial charge in [0.05, 0.1) is 17.5 Å². The van der Waals surface area contributed by atoms with E-state index in [1.54, 1.807) is 42.9 Å². The van der Waals surface area contributed by atoms with Gasteiger partial charge in [0, 0.05) is 42.1 Å². The largest absolute Gasteiger partial charge is 0.490 e. The Morgan fingerprint density at radius 1 is 1.15 bits per heavy atom. The van der Waals surface area contributed by atoms with Crippen LogP contribution in [0, 0.1) is 17.8 Å². The molecule has 0 saturated heterocycles. The standard InChI is InChI=1S/C35H42ClN5O5S/c1-22-6-4-15-35(43,33-37-21-38-40(33)3)29-11-8-26(29)18-41-19-34(14-5-7-24-16-27(36)10-12-28(24)34)20-46-31-13-9-25(17-30(31)41)32(42)39-47(44,45)23(22)2/h4,9-10,12-13,15-17,21-23,26,29,43H,5-8,11,14,18-20H2,1-3H3,(H,39,42)/b15-4-/t22-,23+,26-,29+,34-,35-/m0/s1. The van der Waals surface area contributed by atoms with Crippen molar-refractivity contribution in [2.75, 3.05) is 24.6 Å². The number of rotatable bonds is 1. The van der Waals surface area contributed by atoms with Crippen molar-refractivity contribution in [2.45, 2.75) is 68.6 Å². The average Bonchev–Trinajstić information content (AvgIpc) is 3.40. The molecule has 1 saturated carbocycles. The van der Waals surface area contributed by atoms with Crippen molar-refractivity contribution in [2.24, 2.45) is 24.8 Å². The Morgan fingerprint density at radius 2 is 1.98 bits per heavy atom. The van der Waals surface area contributed by atoms with Crippen LogP contribution in [0.5, 0.6) is 5.75 Å². The quantitative estimate of drug-likeness (QED) is 0.348. The van der Waals surface area contributed by atoms with E-state index in [0.29, 0.717) is 42.7 Å². The number of ether oxygens (including phenoxy) is 1. The monoisotopic (exact) mass is 679 g/mol. The zero-order valence-electron chi connectivity index (χ0n) is 27.0. The van der Waals surface area contributed by atoms with Crippen LogP contribution in [0.1, 0.15) is 73.3 Å². The summed E-state index contributed by atoms with van der Waals surface area (Å²) >= 11 is 6.43. The van der Waals surface area contributed by atoms with Crippen LogP contribution in [0.3, 0.4) is 0 Å². The van der Waals surface area contributed by atoms with Gasteiger partial charge in [-0.2, -0.15) is 5.10 Å². The lowest BCUT2D eigenvalue weighted by molar-refractivity contribution is -0.0582. The molecular formula is C35H42ClN5O5S. The van der Waals surface area contributed by atoms with Crippen molar-refractivity contribution in [1.82, 2.24) is 19.5 Å². The molecule has 1 aromatic heterocycles. The normalized spacial score (nSPS) is 32.6. The van der Waals surface area contributed by atoms with Crippen LogP contribution >= 0.6 is 11.6 Å². The van der Waals surface area contributed by atoms with Crippen molar-refractivity contribution >= 4 is 33.2 Å². The summed E-state index contributed by atoms with van der Waals surface area (Å²) in [7, 11) is -2.22. The minimum Gasteiger partial charge on any atom is -0.490 e. The second-order valence-corrected chi connectivity index (χ2v) is 16.5. The molecule has 6 atom stereocenters. The maximum atomic E-state index is 13.5. The smallest absolute Gasteiger partial charge is 0.264 e. The number of nitrogens with zero attached hydrogens (tertiary/aromatic N) is 4.